The summed E-state index contributed by atoms with van der Waals surface area (Å²) in [5.74, 6) is 0. The molecule has 0 fully saturated rings. The lowest BCUT2D eigenvalue weighted by Crippen LogP contribution is -2.25. The molecule has 17 heavy (non-hydrogen) atoms. The summed E-state index contributed by atoms with van der Waals surface area (Å²) >= 11 is 0. The third kappa shape index (κ3) is 2.83. The van der Waals surface area contributed by atoms with Gasteiger partial charge in [-0.2, -0.15) is 18.4 Å². The Balaban J connectivity index is 3.26. The Morgan fingerprint density at radius 1 is 1.41 bits per heavy atom. The number of hydrogen-bond donors (Lipinski definition) is 3. The number of nitriles is 1. The van der Waals surface area contributed by atoms with E-state index >= 15 is 0 Å². The zero-order valence-corrected chi connectivity index (χ0v) is 8.19. The van der Waals surface area contributed by atoms with Crippen LogP contribution in [-0.2, 0) is 6.18 Å². The quantitative estimate of drug-likeness (QED) is 0.656. The standard InChI is InChI=1S/C9H7F3N2O3/c10-9(11,12)4-1-5(8(17)14-3-4)7(16)6(15)2-13/h1,3,6-7,15-16H,(H,14,17). The van der Waals surface area contributed by atoms with Crippen LogP contribution in [0.25, 0.3) is 0 Å². The molecule has 0 saturated heterocycles. The van der Waals surface area contributed by atoms with Crippen molar-refractivity contribution in [3.05, 3.63) is 33.7 Å². The first kappa shape index (κ1) is 13.2. The van der Waals surface area contributed by atoms with Gasteiger partial charge in [0.25, 0.3) is 5.56 Å². The number of aromatic amines is 1. The Kier molecular flexibility index (Phi) is 3.55. The third-order valence-corrected chi connectivity index (χ3v) is 2.01. The summed E-state index contributed by atoms with van der Waals surface area (Å²) in [5, 5.41) is 26.5. The molecule has 0 saturated carbocycles. The molecule has 0 amide bonds. The number of aromatic nitrogens is 1. The van der Waals surface area contributed by atoms with Crippen LogP contribution in [0.15, 0.2) is 17.1 Å². The summed E-state index contributed by atoms with van der Waals surface area (Å²) in [6.07, 6.45) is -8.22. The number of halogens is 3. The molecule has 1 aromatic heterocycles. The highest BCUT2D eigenvalue weighted by Crippen LogP contribution is 2.29. The number of rotatable bonds is 2. The van der Waals surface area contributed by atoms with Crippen molar-refractivity contribution < 1.29 is 23.4 Å². The Morgan fingerprint density at radius 2 is 2.00 bits per heavy atom. The van der Waals surface area contributed by atoms with Gasteiger partial charge in [0.1, 0.15) is 6.10 Å². The molecule has 92 valence electrons. The predicted octanol–water partition coefficient (Wildman–Crippen LogP) is 0.312. The molecule has 3 N–H and O–H groups in total. The van der Waals surface area contributed by atoms with E-state index in [0.29, 0.717) is 12.3 Å². The van der Waals surface area contributed by atoms with Crippen LogP contribution in [0.4, 0.5) is 13.2 Å². The van der Waals surface area contributed by atoms with Crippen molar-refractivity contribution in [3.8, 4) is 6.07 Å². The van der Waals surface area contributed by atoms with E-state index < -0.39 is 35.1 Å². The lowest BCUT2D eigenvalue weighted by atomic mass is 10.1. The summed E-state index contributed by atoms with van der Waals surface area (Å²) in [7, 11) is 0. The van der Waals surface area contributed by atoms with Crippen LogP contribution in [0, 0.1) is 11.3 Å². The first-order valence-electron chi connectivity index (χ1n) is 4.33. The van der Waals surface area contributed by atoms with Crippen LogP contribution < -0.4 is 5.56 Å². The highest BCUT2D eigenvalue weighted by atomic mass is 19.4. The molecular formula is C9H7F3N2O3. The highest BCUT2D eigenvalue weighted by molar-refractivity contribution is 5.24. The zero-order valence-electron chi connectivity index (χ0n) is 8.19. The molecule has 0 spiro atoms. The maximum absolute atomic E-state index is 12.3. The number of pyridine rings is 1. The van der Waals surface area contributed by atoms with Gasteiger partial charge in [0.15, 0.2) is 6.10 Å². The number of hydrogen-bond acceptors (Lipinski definition) is 4. The topological polar surface area (TPSA) is 97.1 Å². The number of alkyl halides is 3. The molecule has 0 bridgehead atoms. The third-order valence-electron chi connectivity index (χ3n) is 2.01. The molecular weight excluding hydrogens is 241 g/mol. The van der Waals surface area contributed by atoms with E-state index in [4.69, 9.17) is 10.4 Å². The van der Waals surface area contributed by atoms with Crippen LogP contribution in [0.1, 0.15) is 17.2 Å². The van der Waals surface area contributed by atoms with Crippen LogP contribution in [0.2, 0.25) is 0 Å². The smallest absolute Gasteiger partial charge is 0.384 e. The van der Waals surface area contributed by atoms with Gasteiger partial charge in [-0.15, -0.1) is 0 Å². The van der Waals surface area contributed by atoms with Crippen LogP contribution >= 0.6 is 0 Å². The van der Waals surface area contributed by atoms with Crippen molar-refractivity contribution in [2.75, 3.05) is 0 Å². The van der Waals surface area contributed by atoms with Crippen molar-refractivity contribution in [3.63, 3.8) is 0 Å². The summed E-state index contributed by atoms with van der Waals surface area (Å²) in [4.78, 5) is 12.9. The Labute approximate surface area is 92.7 Å². The number of nitrogens with zero attached hydrogens (tertiary/aromatic N) is 1. The summed E-state index contributed by atoms with van der Waals surface area (Å²) < 4.78 is 36.9. The first-order valence-corrected chi connectivity index (χ1v) is 4.33. The Morgan fingerprint density at radius 3 is 2.47 bits per heavy atom. The van der Waals surface area contributed by atoms with E-state index in [1.54, 1.807) is 4.98 Å². The molecule has 0 aliphatic carbocycles. The van der Waals surface area contributed by atoms with Crippen LogP contribution in [-0.4, -0.2) is 21.3 Å². The number of nitrogens with one attached hydrogen (secondary N) is 1. The van der Waals surface area contributed by atoms with Gasteiger partial charge in [0.05, 0.1) is 17.2 Å². The molecule has 0 aromatic carbocycles. The fourth-order valence-electron chi connectivity index (χ4n) is 1.13. The molecule has 0 radical (unpaired) electrons. The normalized spacial score (nSPS) is 15.1. The fourth-order valence-corrected chi connectivity index (χ4v) is 1.13. The second-order valence-corrected chi connectivity index (χ2v) is 3.19. The van der Waals surface area contributed by atoms with Crippen LogP contribution in [0.5, 0.6) is 0 Å². The zero-order chi connectivity index (χ0) is 13.2. The van der Waals surface area contributed by atoms with Crippen molar-refractivity contribution >= 4 is 0 Å². The molecule has 0 aliphatic rings. The van der Waals surface area contributed by atoms with Crippen molar-refractivity contribution in [1.82, 2.24) is 4.98 Å². The van der Waals surface area contributed by atoms with E-state index in [9.17, 15) is 23.1 Å². The number of H-pyrrole nitrogens is 1. The van der Waals surface area contributed by atoms with Gasteiger partial charge in [-0.05, 0) is 6.07 Å². The SMILES string of the molecule is N#CC(O)C(O)c1cc(C(F)(F)F)c[nH]c1=O. The minimum Gasteiger partial charge on any atom is -0.384 e. The van der Waals surface area contributed by atoms with Gasteiger partial charge in [-0.25, -0.2) is 0 Å². The molecule has 8 heteroatoms. The van der Waals surface area contributed by atoms with Gasteiger partial charge in [0, 0.05) is 6.20 Å². The molecule has 1 heterocycles. The Hall–Kier alpha value is -1.85. The Bertz CT molecular complexity index is 503. The van der Waals surface area contributed by atoms with Gasteiger partial charge in [-0.1, -0.05) is 0 Å². The molecule has 1 rings (SSSR count). The van der Waals surface area contributed by atoms with Gasteiger partial charge >= 0.3 is 6.18 Å². The minimum absolute atomic E-state index is 0.393. The second-order valence-electron chi connectivity index (χ2n) is 3.19. The van der Waals surface area contributed by atoms with Gasteiger partial charge in [0.2, 0.25) is 0 Å². The van der Waals surface area contributed by atoms with E-state index in [1.807, 2.05) is 0 Å². The van der Waals surface area contributed by atoms with Crippen molar-refractivity contribution in [2.45, 2.75) is 18.4 Å². The maximum Gasteiger partial charge on any atom is 0.417 e. The summed E-state index contributed by atoms with van der Waals surface area (Å²) in [6, 6.07) is 1.61. The second kappa shape index (κ2) is 4.57. The fraction of sp³-hybridized carbons (Fsp3) is 0.333. The van der Waals surface area contributed by atoms with Crippen molar-refractivity contribution in [2.24, 2.45) is 0 Å². The summed E-state index contributed by atoms with van der Waals surface area (Å²) in [5.41, 5.74) is -2.90. The lowest BCUT2D eigenvalue weighted by molar-refractivity contribution is -0.138. The molecule has 0 aliphatic heterocycles. The number of aliphatic hydroxyl groups is 2. The molecule has 5 nitrogen and oxygen atoms in total. The minimum atomic E-state index is -4.70. The van der Waals surface area contributed by atoms with Crippen LogP contribution in [0.3, 0.4) is 0 Å². The first-order chi connectivity index (χ1) is 7.77. The monoisotopic (exact) mass is 248 g/mol. The molecule has 2 atom stereocenters. The lowest BCUT2D eigenvalue weighted by Gasteiger charge is -2.13. The summed E-state index contributed by atoms with van der Waals surface area (Å²) in [6.45, 7) is 0. The predicted molar refractivity (Wildman–Crippen MR) is 48.6 cm³/mol. The van der Waals surface area contributed by atoms with Crippen molar-refractivity contribution in [1.29, 1.82) is 5.26 Å². The number of aliphatic hydroxyl groups excluding tert-OH is 2. The van der Waals surface area contributed by atoms with Gasteiger partial charge in [-0.3, -0.25) is 4.79 Å². The van der Waals surface area contributed by atoms with E-state index in [-0.39, 0.29) is 0 Å². The molecule has 1 aromatic rings. The van der Waals surface area contributed by atoms with E-state index in [2.05, 4.69) is 0 Å². The average molecular weight is 248 g/mol. The average Bonchev–Trinajstić information content (AvgIpc) is 2.26. The van der Waals surface area contributed by atoms with Gasteiger partial charge < -0.3 is 15.2 Å². The molecule has 2 unspecified atom stereocenters. The van der Waals surface area contributed by atoms with E-state index in [0.717, 1.165) is 0 Å². The highest BCUT2D eigenvalue weighted by Gasteiger charge is 2.32. The maximum atomic E-state index is 12.3. The largest absolute Gasteiger partial charge is 0.417 e. The van der Waals surface area contributed by atoms with E-state index in [1.165, 1.54) is 6.07 Å².